The van der Waals surface area contributed by atoms with E-state index in [1.54, 1.807) is 7.05 Å². The van der Waals surface area contributed by atoms with E-state index in [1.165, 1.54) is 47.7 Å². The fraction of sp³-hybridized carbons (Fsp3) is 0.875. The third kappa shape index (κ3) is 11.1. The number of thioether (sulfide) groups is 2. The third-order valence-corrected chi connectivity index (χ3v) is 4.07. The van der Waals surface area contributed by atoms with Gasteiger partial charge in [0.05, 0.1) is 0 Å². The van der Waals surface area contributed by atoms with Crippen molar-refractivity contribution in [3.63, 3.8) is 0 Å². The van der Waals surface area contributed by atoms with Crippen molar-refractivity contribution in [3.05, 3.63) is 0 Å². The van der Waals surface area contributed by atoms with E-state index in [0.717, 1.165) is 0 Å². The zero-order valence-corrected chi connectivity index (χ0v) is 17.0. The summed E-state index contributed by atoms with van der Waals surface area (Å²) in [6, 6.07) is 0. The quantitative estimate of drug-likeness (QED) is 0.685. The molecular formula is C16H35NO2S2. The predicted octanol–water partition coefficient (Wildman–Crippen LogP) is 4.70. The second kappa shape index (κ2) is 17.9. The first kappa shape index (κ1) is 25.8. The van der Waals surface area contributed by atoms with Gasteiger partial charge >= 0.3 is 0 Å². The molecule has 5 heteroatoms. The Bertz CT molecular complexity index is 234. The summed E-state index contributed by atoms with van der Waals surface area (Å²) in [5.41, 5.74) is 0. The first-order valence-corrected chi connectivity index (χ1v) is 10.3. The van der Waals surface area contributed by atoms with E-state index in [0.29, 0.717) is 0 Å². The Morgan fingerprint density at radius 2 is 0.952 bits per heavy atom. The van der Waals surface area contributed by atoms with Crippen molar-refractivity contribution >= 4 is 35.3 Å². The molecular weight excluding hydrogens is 302 g/mol. The molecule has 2 atom stereocenters. The number of carbonyl (C=O) groups excluding carboxylic acids is 2. The molecule has 0 aliphatic carbocycles. The van der Waals surface area contributed by atoms with Crippen LogP contribution in [0.4, 0.5) is 0 Å². The van der Waals surface area contributed by atoms with Crippen molar-refractivity contribution in [1.29, 1.82) is 0 Å². The SMILES string of the molecule is CCC.CCC.CCC.CSC1C(=O)N(C)C(=O)C1SC. The summed E-state index contributed by atoms with van der Waals surface area (Å²) in [4.78, 5) is 24.0. The van der Waals surface area contributed by atoms with Gasteiger partial charge in [-0.1, -0.05) is 60.8 Å². The molecule has 21 heavy (non-hydrogen) atoms. The first-order valence-electron chi connectivity index (χ1n) is 7.74. The van der Waals surface area contributed by atoms with Crippen LogP contribution in [0.1, 0.15) is 60.8 Å². The molecule has 3 nitrogen and oxygen atoms in total. The van der Waals surface area contributed by atoms with Gasteiger partial charge in [0.1, 0.15) is 10.5 Å². The minimum atomic E-state index is -0.183. The van der Waals surface area contributed by atoms with Crippen molar-refractivity contribution in [1.82, 2.24) is 4.90 Å². The number of hydrogen-bond acceptors (Lipinski definition) is 4. The fourth-order valence-electron chi connectivity index (χ4n) is 1.20. The molecule has 2 amide bonds. The second-order valence-electron chi connectivity index (χ2n) is 4.67. The van der Waals surface area contributed by atoms with Gasteiger partial charge in [-0.3, -0.25) is 14.5 Å². The van der Waals surface area contributed by atoms with Crippen LogP contribution >= 0.6 is 23.5 Å². The minimum absolute atomic E-state index is 0.0631. The van der Waals surface area contributed by atoms with Gasteiger partial charge in [-0.05, 0) is 12.5 Å². The lowest BCUT2D eigenvalue weighted by molar-refractivity contribution is -0.136. The summed E-state index contributed by atoms with van der Waals surface area (Å²) < 4.78 is 0. The number of likely N-dealkylation sites (tertiary alicyclic amines) is 1. The molecule has 1 saturated heterocycles. The highest BCUT2D eigenvalue weighted by molar-refractivity contribution is 8.04. The van der Waals surface area contributed by atoms with Gasteiger partial charge in [-0.15, -0.1) is 0 Å². The summed E-state index contributed by atoms with van der Waals surface area (Å²) in [5.74, 6) is -0.126. The summed E-state index contributed by atoms with van der Waals surface area (Å²) >= 11 is 2.90. The lowest BCUT2D eigenvalue weighted by Crippen LogP contribution is -2.26. The molecule has 0 bridgehead atoms. The van der Waals surface area contributed by atoms with Gasteiger partial charge in [-0.2, -0.15) is 23.5 Å². The third-order valence-electron chi connectivity index (χ3n) is 1.93. The maximum Gasteiger partial charge on any atom is 0.243 e. The Labute approximate surface area is 141 Å². The van der Waals surface area contributed by atoms with Gasteiger partial charge in [0.2, 0.25) is 11.8 Å². The lowest BCUT2D eigenvalue weighted by atomic mass is 10.3. The van der Waals surface area contributed by atoms with Crippen LogP contribution in [0.15, 0.2) is 0 Å². The second-order valence-corrected chi connectivity index (χ2v) is 6.63. The topological polar surface area (TPSA) is 37.4 Å². The van der Waals surface area contributed by atoms with Crippen LogP contribution in [0.3, 0.4) is 0 Å². The molecule has 0 aromatic heterocycles. The molecule has 1 fully saturated rings. The fourth-order valence-corrected chi connectivity index (χ4v) is 3.31. The monoisotopic (exact) mass is 337 g/mol. The Morgan fingerprint density at radius 3 is 1.10 bits per heavy atom. The largest absolute Gasteiger partial charge is 0.284 e. The van der Waals surface area contributed by atoms with Crippen LogP contribution in [-0.4, -0.2) is 46.8 Å². The lowest BCUT2D eigenvalue weighted by Gasteiger charge is -2.08. The average molecular weight is 338 g/mol. The molecule has 0 aromatic rings. The molecule has 128 valence electrons. The van der Waals surface area contributed by atoms with Gasteiger partial charge in [-0.25, -0.2) is 0 Å². The molecule has 2 unspecified atom stereocenters. The number of nitrogens with zero attached hydrogens (tertiary/aromatic N) is 1. The van der Waals surface area contributed by atoms with E-state index < -0.39 is 0 Å². The number of carbonyl (C=O) groups is 2. The van der Waals surface area contributed by atoms with Crippen LogP contribution in [0.25, 0.3) is 0 Å². The van der Waals surface area contributed by atoms with Crippen molar-refractivity contribution in [2.45, 2.75) is 71.3 Å². The van der Waals surface area contributed by atoms with Crippen molar-refractivity contribution in [2.75, 3.05) is 19.6 Å². The van der Waals surface area contributed by atoms with E-state index in [4.69, 9.17) is 0 Å². The van der Waals surface area contributed by atoms with Gasteiger partial charge in [0.15, 0.2) is 0 Å². The Morgan fingerprint density at radius 1 is 0.762 bits per heavy atom. The first-order chi connectivity index (χ1) is 9.87. The normalized spacial score (nSPS) is 19.8. The summed E-state index contributed by atoms with van der Waals surface area (Å²) in [5, 5.41) is -0.366. The van der Waals surface area contributed by atoms with E-state index in [1.807, 2.05) is 12.5 Å². The maximum absolute atomic E-state index is 11.4. The number of hydrogen-bond donors (Lipinski definition) is 0. The highest BCUT2D eigenvalue weighted by Crippen LogP contribution is 2.30. The van der Waals surface area contributed by atoms with Crippen LogP contribution in [0.2, 0.25) is 0 Å². The molecule has 1 aliphatic rings. The Hall–Kier alpha value is -0.160. The number of amides is 2. The molecule has 0 saturated carbocycles. The minimum Gasteiger partial charge on any atom is -0.284 e. The predicted molar refractivity (Wildman–Crippen MR) is 100 cm³/mol. The standard InChI is InChI=1S/C7H11NO2S2.3C3H8/c1-8-6(9)4(11-2)5(12-3)7(8)10;3*1-3-2/h4-5H,1-3H3;3*3H2,1-2H3. The maximum atomic E-state index is 11.4. The number of imide groups is 1. The zero-order valence-electron chi connectivity index (χ0n) is 15.4. The highest BCUT2D eigenvalue weighted by Gasteiger charge is 2.44. The molecule has 0 spiro atoms. The molecule has 1 heterocycles. The Kier molecular flexibility index (Phi) is 22.0. The average Bonchev–Trinajstić information content (AvgIpc) is 2.65. The molecule has 0 radical (unpaired) electrons. The van der Waals surface area contributed by atoms with Crippen molar-refractivity contribution < 1.29 is 9.59 Å². The zero-order chi connectivity index (χ0) is 17.4. The van der Waals surface area contributed by atoms with E-state index in [9.17, 15) is 9.59 Å². The van der Waals surface area contributed by atoms with E-state index in [-0.39, 0.29) is 22.3 Å². The van der Waals surface area contributed by atoms with Crippen LogP contribution in [-0.2, 0) is 9.59 Å². The molecule has 0 aromatic carbocycles. The van der Waals surface area contributed by atoms with Gasteiger partial charge in [0, 0.05) is 7.05 Å². The Balaban J connectivity index is -0.000000300. The van der Waals surface area contributed by atoms with Crippen LogP contribution in [0.5, 0.6) is 0 Å². The molecule has 1 aliphatic heterocycles. The van der Waals surface area contributed by atoms with Crippen LogP contribution < -0.4 is 0 Å². The van der Waals surface area contributed by atoms with E-state index >= 15 is 0 Å². The summed E-state index contributed by atoms with van der Waals surface area (Å²) in [6.45, 7) is 12.8. The number of rotatable bonds is 2. The van der Waals surface area contributed by atoms with Gasteiger partial charge in [0.25, 0.3) is 0 Å². The summed E-state index contributed by atoms with van der Waals surface area (Å²) in [6.07, 6.45) is 7.47. The van der Waals surface area contributed by atoms with Crippen LogP contribution in [0, 0.1) is 0 Å². The van der Waals surface area contributed by atoms with Gasteiger partial charge < -0.3 is 0 Å². The van der Waals surface area contributed by atoms with E-state index in [2.05, 4.69) is 41.5 Å². The van der Waals surface area contributed by atoms with Crippen molar-refractivity contribution in [3.8, 4) is 0 Å². The summed E-state index contributed by atoms with van der Waals surface area (Å²) in [7, 11) is 1.55. The molecule has 0 N–H and O–H groups in total. The highest BCUT2D eigenvalue weighted by atomic mass is 32.2. The molecule has 1 rings (SSSR count). The smallest absolute Gasteiger partial charge is 0.243 e. The van der Waals surface area contributed by atoms with Crippen molar-refractivity contribution in [2.24, 2.45) is 0 Å².